The molecule has 8 heteroatoms. The third-order valence-corrected chi connectivity index (χ3v) is 3.49. The minimum Gasteiger partial charge on any atom is -0.371 e. The largest absolute Gasteiger partial charge is 0.417 e. The van der Waals surface area contributed by atoms with Crippen LogP contribution in [-0.2, 0) is 11.4 Å². The minimum absolute atomic E-state index is 0.221. The molecule has 2 aromatic carbocycles. The molecular weight excluding hydrogens is 324 g/mol. The predicted molar refractivity (Wildman–Crippen MR) is 71.6 cm³/mol. The van der Waals surface area contributed by atoms with E-state index in [-0.39, 0.29) is 22.6 Å². The Bertz CT molecular complexity index is 641. The topological polar surface area (TPSA) is 35.5 Å². The van der Waals surface area contributed by atoms with Crippen LogP contribution in [0.2, 0.25) is 0 Å². The van der Waals surface area contributed by atoms with Crippen molar-refractivity contribution in [1.82, 2.24) is 0 Å². The lowest BCUT2D eigenvalue weighted by molar-refractivity contribution is 0.450. The summed E-state index contributed by atoms with van der Waals surface area (Å²) in [6, 6.07) is 3.26. The average molecular weight is 334 g/mol. The summed E-state index contributed by atoms with van der Waals surface area (Å²) in [7, 11) is 0. The maximum atomic E-state index is 13.3. The molecule has 0 aliphatic carbocycles. The van der Waals surface area contributed by atoms with E-state index in [1.165, 1.54) is 13.8 Å². The van der Waals surface area contributed by atoms with Crippen LogP contribution < -0.4 is 8.37 Å². The Balaban J connectivity index is 2.14. The number of hydrogen-bond acceptors (Lipinski definition) is 3. The second-order valence-corrected chi connectivity index (χ2v) is 5.14. The van der Waals surface area contributed by atoms with Gasteiger partial charge in [-0.25, -0.2) is 17.6 Å². The summed E-state index contributed by atoms with van der Waals surface area (Å²) in [6.45, 7) is 2.44. The molecule has 0 N–H and O–H groups in total. The highest BCUT2D eigenvalue weighted by atomic mass is 32.2. The van der Waals surface area contributed by atoms with Gasteiger partial charge < -0.3 is 8.37 Å². The van der Waals surface area contributed by atoms with Crippen molar-refractivity contribution in [1.29, 1.82) is 0 Å². The molecule has 22 heavy (non-hydrogen) atoms. The summed E-state index contributed by atoms with van der Waals surface area (Å²) in [6.07, 6.45) is 0. The van der Waals surface area contributed by atoms with Crippen LogP contribution in [0.25, 0.3) is 0 Å². The fraction of sp³-hybridized carbons (Fsp3) is 0.143. The maximum Gasteiger partial charge on any atom is 0.417 e. The van der Waals surface area contributed by atoms with Crippen molar-refractivity contribution in [2.24, 2.45) is 0 Å². The molecule has 0 bridgehead atoms. The lowest BCUT2D eigenvalue weighted by Crippen LogP contribution is -2.09. The van der Waals surface area contributed by atoms with Gasteiger partial charge in [0, 0.05) is 35.4 Å². The van der Waals surface area contributed by atoms with Crippen LogP contribution in [0.3, 0.4) is 0 Å². The van der Waals surface area contributed by atoms with Gasteiger partial charge in [0.25, 0.3) is 0 Å². The molecule has 0 amide bonds. The molecule has 0 aliphatic rings. The van der Waals surface area contributed by atoms with Crippen LogP contribution in [0, 0.1) is 37.1 Å². The zero-order chi connectivity index (χ0) is 16.4. The normalized spacial score (nSPS) is 10.9. The molecule has 0 fully saturated rings. The van der Waals surface area contributed by atoms with Crippen molar-refractivity contribution in [3.8, 4) is 11.5 Å². The van der Waals surface area contributed by atoms with Gasteiger partial charge in [-0.2, -0.15) is 4.21 Å². The van der Waals surface area contributed by atoms with Crippen LogP contribution in [0.4, 0.5) is 17.6 Å². The van der Waals surface area contributed by atoms with Gasteiger partial charge in [0.05, 0.1) is 0 Å². The van der Waals surface area contributed by atoms with Gasteiger partial charge in [-0.15, -0.1) is 0 Å². The van der Waals surface area contributed by atoms with Crippen LogP contribution in [0.15, 0.2) is 24.3 Å². The number of hydrogen-bond donors (Lipinski definition) is 0. The fourth-order valence-corrected chi connectivity index (χ4v) is 2.06. The van der Waals surface area contributed by atoms with Crippen molar-refractivity contribution < 1.29 is 30.1 Å². The Labute approximate surface area is 126 Å². The van der Waals surface area contributed by atoms with E-state index in [2.05, 4.69) is 8.37 Å². The van der Waals surface area contributed by atoms with Crippen LogP contribution >= 0.6 is 0 Å². The molecule has 0 unspecified atom stereocenters. The summed E-state index contributed by atoms with van der Waals surface area (Å²) in [5.41, 5.74) is -0.441. The molecule has 0 spiro atoms. The second-order valence-electron chi connectivity index (χ2n) is 4.39. The Morgan fingerprint density at radius 1 is 0.727 bits per heavy atom. The molecule has 0 heterocycles. The molecule has 0 saturated heterocycles. The lowest BCUT2D eigenvalue weighted by Gasteiger charge is -2.08. The van der Waals surface area contributed by atoms with Gasteiger partial charge in [0.15, 0.2) is 0 Å². The van der Waals surface area contributed by atoms with Crippen LogP contribution in [-0.4, -0.2) is 4.21 Å². The third-order valence-electron chi connectivity index (χ3n) is 2.84. The molecule has 0 aliphatic heterocycles. The Morgan fingerprint density at radius 2 is 1.00 bits per heavy atom. The molecule has 0 saturated carbocycles. The highest BCUT2D eigenvalue weighted by Crippen LogP contribution is 2.23. The molecule has 0 atom stereocenters. The van der Waals surface area contributed by atoms with E-state index in [4.69, 9.17) is 0 Å². The minimum atomic E-state index is -2.53. The first-order chi connectivity index (χ1) is 10.3. The van der Waals surface area contributed by atoms with Crippen molar-refractivity contribution >= 4 is 11.4 Å². The van der Waals surface area contributed by atoms with E-state index < -0.39 is 34.6 Å². The van der Waals surface area contributed by atoms with E-state index in [0.717, 1.165) is 24.3 Å². The quantitative estimate of drug-likeness (QED) is 0.796. The Morgan fingerprint density at radius 3 is 1.27 bits per heavy atom. The first-order valence-electron chi connectivity index (χ1n) is 5.97. The standard InChI is InChI=1S/C14H10F4O3S/c1-7-11(15)3-9(4-12(7)16)20-22(19)21-10-5-13(17)8(2)14(18)6-10/h3-6H,1-2H3. The van der Waals surface area contributed by atoms with Gasteiger partial charge in [0.1, 0.15) is 34.8 Å². The predicted octanol–water partition coefficient (Wildman–Crippen LogP) is 3.90. The third kappa shape index (κ3) is 3.56. The maximum absolute atomic E-state index is 13.3. The van der Waals surface area contributed by atoms with E-state index >= 15 is 0 Å². The molecule has 0 aromatic heterocycles. The highest BCUT2D eigenvalue weighted by molar-refractivity contribution is 7.75. The lowest BCUT2D eigenvalue weighted by atomic mass is 10.2. The number of rotatable bonds is 4. The van der Waals surface area contributed by atoms with E-state index in [0.29, 0.717) is 0 Å². The van der Waals surface area contributed by atoms with Gasteiger partial charge in [-0.1, -0.05) is 0 Å². The zero-order valence-electron chi connectivity index (χ0n) is 11.5. The van der Waals surface area contributed by atoms with Crippen LogP contribution in [0.1, 0.15) is 11.1 Å². The fourth-order valence-electron chi connectivity index (χ4n) is 1.51. The number of halogens is 4. The van der Waals surface area contributed by atoms with Crippen molar-refractivity contribution in [2.75, 3.05) is 0 Å². The summed E-state index contributed by atoms with van der Waals surface area (Å²) < 4.78 is 74.1. The van der Waals surface area contributed by atoms with E-state index in [1.54, 1.807) is 0 Å². The van der Waals surface area contributed by atoms with Gasteiger partial charge in [0.2, 0.25) is 0 Å². The van der Waals surface area contributed by atoms with Gasteiger partial charge in [-0.3, -0.25) is 0 Å². The molecule has 3 nitrogen and oxygen atoms in total. The summed E-state index contributed by atoms with van der Waals surface area (Å²) in [5.74, 6) is -4.32. The van der Waals surface area contributed by atoms with Crippen molar-refractivity contribution in [3.05, 3.63) is 58.7 Å². The first-order valence-corrected chi connectivity index (χ1v) is 6.97. The summed E-state index contributed by atoms with van der Waals surface area (Å²) >= 11 is -2.53. The van der Waals surface area contributed by atoms with Crippen molar-refractivity contribution in [3.63, 3.8) is 0 Å². The average Bonchev–Trinajstić information content (AvgIpc) is 2.41. The summed E-state index contributed by atoms with van der Waals surface area (Å²) in [4.78, 5) is 0. The second kappa shape index (κ2) is 6.35. The highest BCUT2D eigenvalue weighted by Gasteiger charge is 2.14. The Kier molecular flexibility index (Phi) is 4.70. The zero-order valence-corrected chi connectivity index (χ0v) is 12.3. The molecule has 0 radical (unpaired) electrons. The molecule has 118 valence electrons. The van der Waals surface area contributed by atoms with Gasteiger partial charge in [-0.05, 0) is 13.8 Å². The van der Waals surface area contributed by atoms with Crippen molar-refractivity contribution in [2.45, 2.75) is 13.8 Å². The monoisotopic (exact) mass is 334 g/mol. The number of benzene rings is 2. The smallest absolute Gasteiger partial charge is 0.371 e. The van der Waals surface area contributed by atoms with E-state index in [1.807, 2.05) is 0 Å². The molecule has 2 aromatic rings. The Hall–Kier alpha value is -2.09. The van der Waals surface area contributed by atoms with E-state index in [9.17, 15) is 21.8 Å². The summed E-state index contributed by atoms with van der Waals surface area (Å²) in [5, 5.41) is 0. The molecular formula is C14H10F4O3S. The van der Waals surface area contributed by atoms with Crippen LogP contribution in [0.5, 0.6) is 11.5 Å². The SMILES string of the molecule is Cc1c(F)cc(OS(=O)Oc2cc(F)c(C)c(F)c2)cc1F. The molecule has 2 rings (SSSR count). The van der Waals surface area contributed by atoms with Gasteiger partial charge >= 0.3 is 11.4 Å². The first kappa shape index (κ1) is 16.3.